The molecule has 0 aromatic rings. The van der Waals surface area contributed by atoms with Crippen molar-refractivity contribution in [1.82, 2.24) is 5.32 Å². The summed E-state index contributed by atoms with van der Waals surface area (Å²) in [5.74, 6) is -3.27. The zero-order valence-electron chi connectivity index (χ0n) is 8.58. The van der Waals surface area contributed by atoms with E-state index in [0.29, 0.717) is 0 Å². The molecule has 0 bridgehead atoms. The van der Waals surface area contributed by atoms with E-state index in [1.54, 1.807) is 0 Å². The van der Waals surface area contributed by atoms with Gasteiger partial charge in [-0.3, -0.25) is 0 Å². The Bertz CT molecular complexity index is 154. The van der Waals surface area contributed by atoms with Gasteiger partial charge < -0.3 is 5.32 Å². The van der Waals surface area contributed by atoms with Crippen molar-refractivity contribution in [1.29, 1.82) is 0 Å². The fourth-order valence-corrected chi connectivity index (χ4v) is 0.472. The molecule has 0 unspecified atom stereocenters. The second kappa shape index (κ2) is 3.32. The Morgan fingerprint density at radius 3 is 2.11 bits per heavy atom. The molecule has 1 heterocycles. The lowest BCUT2D eigenvalue weighted by atomic mass is 10.1. The number of hydrogen-bond donors (Lipinski definition) is 1. The minimum atomic E-state index is -3.27. The van der Waals surface area contributed by atoms with Crippen LogP contribution in [0.25, 0.3) is 0 Å². The van der Waals surface area contributed by atoms with Crippen molar-refractivity contribution >= 4 is 12.4 Å². The molecule has 0 radical (unpaired) electrons. The third kappa shape index (κ3) is 2.96. The summed E-state index contributed by atoms with van der Waals surface area (Å²) in [7, 11) is 0. The van der Waals surface area contributed by atoms with Crippen molar-refractivity contribution in [3.63, 3.8) is 0 Å². The summed E-state index contributed by atoms with van der Waals surface area (Å²) < 4.78 is 53.2. The molecule has 0 aliphatic carbocycles. The zero-order valence-corrected chi connectivity index (χ0v) is 5.39. The molecule has 1 fully saturated rings. The van der Waals surface area contributed by atoms with Crippen LogP contribution in [0.4, 0.5) is 8.78 Å². The van der Waals surface area contributed by atoms with Crippen LogP contribution in [-0.4, -0.2) is 18.9 Å². The van der Waals surface area contributed by atoms with E-state index in [4.69, 9.17) is 5.48 Å². The maximum absolute atomic E-state index is 12.7. The molecular formula is C5H10ClF2N. The Morgan fingerprint density at radius 1 is 1.33 bits per heavy atom. The lowest BCUT2D eigenvalue weighted by Gasteiger charge is -2.21. The molecule has 0 spiro atoms. The summed E-state index contributed by atoms with van der Waals surface area (Å²) in [6.45, 7) is -4.66. The Kier molecular flexibility index (Phi) is 1.51. The Labute approximate surface area is 64.8 Å². The van der Waals surface area contributed by atoms with E-state index < -0.39 is 31.8 Å². The highest BCUT2D eigenvalue weighted by molar-refractivity contribution is 5.85. The number of nitrogens with one attached hydrogen (secondary N) is 1. The summed E-state index contributed by atoms with van der Waals surface area (Å²) in [5.41, 5.74) is 0. The van der Waals surface area contributed by atoms with Crippen LogP contribution in [0.5, 0.6) is 0 Å². The monoisotopic (exact) mass is 161 g/mol. The molecule has 1 aliphatic heterocycles. The van der Waals surface area contributed by atoms with E-state index in [0.717, 1.165) is 0 Å². The van der Waals surface area contributed by atoms with Crippen molar-refractivity contribution in [2.24, 2.45) is 0 Å². The summed E-state index contributed by atoms with van der Waals surface area (Å²) in [6.07, 6.45) is -1.95. The minimum absolute atomic E-state index is 0. The maximum atomic E-state index is 12.7. The predicted octanol–water partition coefficient (Wildman–Crippen LogP) is 1.43. The van der Waals surface area contributed by atoms with Crippen LogP contribution in [0, 0.1) is 0 Å². The number of piperidine rings is 1. The fourth-order valence-electron chi connectivity index (χ4n) is 0.472. The highest BCUT2D eigenvalue weighted by Gasteiger charge is 2.30. The van der Waals surface area contributed by atoms with E-state index >= 15 is 0 Å². The first-order valence-corrected chi connectivity index (χ1v) is 2.29. The number of halogens is 3. The average molecular weight is 162 g/mol. The molecule has 0 aromatic carbocycles. The van der Waals surface area contributed by atoms with Gasteiger partial charge in [0.05, 0.1) is 0 Å². The second-order valence-corrected chi connectivity index (χ2v) is 1.69. The Balaban J connectivity index is 0.00000144. The topological polar surface area (TPSA) is 12.0 Å². The fraction of sp³-hybridized carbons (Fsp3) is 1.00. The first kappa shape index (κ1) is 4.09. The van der Waals surface area contributed by atoms with Crippen molar-refractivity contribution in [3.05, 3.63) is 0 Å². The van der Waals surface area contributed by atoms with Crippen LogP contribution < -0.4 is 5.32 Å². The zero-order chi connectivity index (χ0) is 9.62. The molecule has 4 heteroatoms. The molecule has 0 atom stereocenters. The first-order valence-electron chi connectivity index (χ1n) is 4.29. The van der Waals surface area contributed by atoms with Gasteiger partial charge >= 0.3 is 0 Å². The highest BCUT2D eigenvalue weighted by Crippen LogP contribution is 2.23. The lowest BCUT2D eigenvalue weighted by Crippen LogP contribution is -2.35. The summed E-state index contributed by atoms with van der Waals surface area (Å²) in [5, 5.41) is 1.87. The van der Waals surface area contributed by atoms with Gasteiger partial charge in [0.1, 0.15) is 0 Å². The van der Waals surface area contributed by atoms with Gasteiger partial charge in [0.15, 0.2) is 0 Å². The normalized spacial score (nSPS) is 42.4. The van der Waals surface area contributed by atoms with Gasteiger partial charge in [-0.25, -0.2) is 8.78 Å². The first-order chi connectivity index (χ1) is 5.12. The molecule has 0 saturated carbocycles. The van der Waals surface area contributed by atoms with Crippen molar-refractivity contribution < 1.29 is 14.3 Å². The summed E-state index contributed by atoms with van der Waals surface area (Å²) in [4.78, 5) is 0. The molecule has 1 rings (SSSR count). The molecule has 1 saturated heterocycles. The van der Waals surface area contributed by atoms with E-state index in [9.17, 15) is 8.78 Å². The van der Waals surface area contributed by atoms with Gasteiger partial charge in [-0.05, 0) is 0 Å². The molecular weight excluding hydrogens is 148 g/mol. The van der Waals surface area contributed by atoms with Crippen LogP contribution in [0.3, 0.4) is 0 Å². The van der Waals surface area contributed by atoms with Crippen LogP contribution in [0.15, 0.2) is 0 Å². The summed E-state index contributed by atoms with van der Waals surface area (Å²) >= 11 is 0. The van der Waals surface area contributed by atoms with Crippen LogP contribution in [0.2, 0.25) is 0 Å². The number of alkyl halides is 2. The quantitative estimate of drug-likeness (QED) is 0.567. The minimum Gasteiger partial charge on any atom is -0.316 e. The third-order valence-electron chi connectivity index (χ3n) is 0.871. The molecule has 0 aromatic heterocycles. The maximum Gasteiger partial charge on any atom is 0.250 e. The number of hydrogen-bond acceptors (Lipinski definition) is 1. The molecule has 1 aliphatic rings. The molecule has 0 amide bonds. The molecule has 9 heavy (non-hydrogen) atoms. The largest absolute Gasteiger partial charge is 0.316 e. The standard InChI is InChI=1S/C5H9F2N.ClH/c6-5(7)1-3-8-4-2-5;/h8H,1-4H2;1H/i3D2,4D2;. The van der Waals surface area contributed by atoms with Crippen molar-refractivity contribution in [2.45, 2.75) is 18.8 Å². The molecule has 56 valence electrons. The Morgan fingerprint density at radius 2 is 1.78 bits per heavy atom. The van der Waals surface area contributed by atoms with Gasteiger partial charge in [-0.2, -0.15) is 0 Å². The smallest absolute Gasteiger partial charge is 0.250 e. The van der Waals surface area contributed by atoms with E-state index in [1.165, 1.54) is 0 Å². The molecule has 1 nitrogen and oxygen atoms in total. The van der Waals surface area contributed by atoms with Gasteiger partial charge in [0, 0.05) is 31.3 Å². The van der Waals surface area contributed by atoms with Gasteiger partial charge in [0.2, 0.25) is 0 Å². The molecule has 1 N–H and O–H groups in total. The SMILES string of the molecule is Cl.[2H]C1([2H])CC(F)(F)CC([2H])([2H])N1. The van der Waals surface area contributed by atoms with Gasteiger partial charge in [-0.15, -0.1) is 12.4 Å². The third-order valence-corrected chi connectivity index (χ3v) is 0.871. The van der Waals surface area contributed by atoms with Crippen LogP contribution in [0.1, 0.15) is 18.3 Å². The van der Waals surface area contributed by atoms with E-state index in [1.807, 2.05) is 5.32 Å². The second-order valence-electron chi connectivity index (χ2n) is 1.69. The number of rotatable bonds is 0. The predicted molar refractivity (Wildman–Crippen MR) is 34.3 cm³/mol. The van der Waals surface area contributed by atoms with Crippen molar-refractivity contribution in [2.75, 3.05) is 13.0 Å². The van der Waals surface area contributed by atoms with E-state index in [2.05, 4.69) is 0 Å². The lowest BCUT2D eigenvalue weighted by molar-refractivity contribution is -0.0274. The Hall–Kier alpha value is 0.110. The van der Waals surface area contributed by atoms with Crippen LogP contribution >= 0.6 is 12.4 Å². The average Bonchev–Trinajstić information content (AvgIpc) is 1.44. The van der Waals surface area contributed by atoms with Crippen molar-refractivity contribution in [3.8, 4) is 0 Å². The van der Waals surface area contributed by atoms with E-state index in [-0.39, 0.29) is 12.4 Å². The summed E-state index contributed by atoms with van der Waals surface area (Å²) in [6, 6.07) is 0. The van der Waals surface area contributed by atoms with Gasteiger partial charge in [0.25, 0.3) is 5.92 Å². The van der Waals surface area contributed by atoms with Gasteiger partial charge in [-0.1, -0.05) is 0 Å². The van der Waals surface area contributed by atoms with Crippen LogP contribution in [-0.2, 0) is 0 Å². The highest BCUT2D eigenvalue weighted by atomic mass is 35.5.